The molecule has 0 fully saturated rings. The summed E-state index contributed by atoms with van der Waals surface area (Å²) in [7, 11) is 0. The van der Waals surface area contributed by atoms with E-state index in [0.717, 1.165) is 19.6 Å². The molecule has 23 heavy (non-hydrogen) atoms. The standard InChI is InChI=1S/C20H27N2O/c1-20(2,3)19(14-23)22-12-11-21(15-22)13-17-9-6-8-16-7-4-5-10-18(16)17/h4-10,15,19,23H,11-14H2,1-3H3/q+1/t19-/m1/s1. The Morgan fingerprint density at radius 3 is 2.61 bits per heavy atom. The first-order valence-electron chi connectivity index (χ1n) is 8.41. The summed E-state index contributed by atoms with van der Waals surface area (Å²) in [4.78, 5) is 2.30. The summed E-state index contributed by atoms with van der Waals surface area (Å²) < 4.78 is 2.36. The van der Waals surface area contributed by atoms with Crippen LogP contribution in [-0.4, -0.2) is 46.7 Å². The average Bonchev–Trinajstić information content (AvgIpc) is 2.95. The van der Waals surface area contributed by atoms with Gasteiger partial charge in [0.2, 0.25) is 6.34 Å². The SMILES string of the molecule is CC(C)(C)[C@@H](CO)N1C=[N+](Cc2cccc3ccccc23)CC1. The fraction of sp³-hybridized carbons (Fsp3) is 0.450. The third-order valence-corrected chi connectivity index (χ3v) is 4.78. The van der Waals surface area contributed by atoms with Crippen molar-refractivity contribution in [3.8, 4) is 0 Å². The van der Waals surface area contributed by atoms with E-state index in [1.807, 2.05) is 0 Å². The van der Waals surface area contributed by atoms with Gasteiger partial charge in [-0.05, 0) is 10.8 Å². The molecule has 0 saturated heterocycles. The maximum Gasteiger partial charge on any atom is 0.235 e. The first-order valence-corrected chi connectivity index (χ1v) is 8.41. The maximum absolute atomic E-state index is 9.76. The number of hydrogen-bond donors (Lipinski definition) is 1. The molecule has 3 nitrogen and oxygen atoms in total. The molecule has 0 saturated carbocycles. The number of hydrogen-bond acceptors (Lipinski definition) is 2. The van der Waals surface area contributed by atoms with Gasteiger partial charge in [-0.1, -0.05) is 63.2 Å². The van der Waals surface area contributed by atoms with Crippen molar-refractivity contribution in [3.63, 3.8) is 0 Å². The average molecular weight is 311 g/mol. The van der Waals surface area contributed by atoms with E-state index in [4.69, 9.17) is 0 Å². The van der Waals surface area contributed by atoms with Crippen molar-refractivity contribution >= 4 is 17.1 Å². The van der Waals surface area contributed by atoms with E-state index in [-0.39, 0.29) is 18.1 Å². The number of benzene rings is 2. The van der Waals surface area contributed by atoms with Crippen LogP contribution in [0.5, 0.6) is 0 Å². The molecule has 122 valence electrons. The van der Waals surface area contributed by atoms with E-state index in [9.17, 15) is 5.11 Å². The summed E-state index contributed by atoms with van der Waals surface area (Å²) >= 11 is 0. The van der Waals surface area contributed by atoms with Crippen LogP contribution in [-0.2, 0) is 6.54 Å². The monoisotopic (exact) mass is 311 g/mol. The predicted octanol–water partition coefficient (Wildman–Crippen LogP) is 3.10. The molecule has 0 unspecified atom stereocenters. The van der Waals surface area contributed by atoms with Gasteiger partial charge in [0.1, 0.15) is 25.7 Å². The molecule has 0 spiro atoms. The number of aliphatic hydroxyl groups excluding tert-OH is 1. The van der Waals surface area contributed by atoms with Crippen LogP contribution in [0.3, 0.4) is 0 Å². The molecule has 1 N–H and O–H groups in total. The number of nitrogens with zero attached hydrogens (tertiary/aromatic N) is 2. The smallest absolute Gasteiger partial charge is 0.235 e. The zero-order valence-electron chi connectivity index (χ0n) is 14.4. The summed E-state index contributed by atoms with van der Waals surface area (Å²) in [5.41, 5.74) is 1.43. The van der Waals surface area contributed by atoms with Crippen molar-refractivity contribution in [2.24, 2.45) is 5.41 Å². The third kappa shape index (κ3) is 3.40. The topological polar surface area (TPSA) is 26.5 Å². The molecule has 0 aromatic heterocycles. The van der Waals surface area contributed by atoms with Crippen LogP contribution in [0.2, 0.25) is 0 Å². The Hall–Kier alpha value is -1.87. The summed E-state index contributed by atoms with van der Waals surface area (Å²) in [6.45, 7) is 9.67. The molecule has 3 heteroatoms. The molecule has 1 aliphatic heterocycles. The molecule has 3 rings (SSSR count). The van der Waals surface area contributed by atoms with Gasteiger partial charge in [-0.2, -0.15) is 0 Å². The summed E-state index contributed by atoms with van der Waals surface area (Å²) in [6.07, 6.45) is 2.20. The number of rotatable bonds is 4. The molecule has 0 bridgehead atoms. The largest absolute Gasteiger partial charge is 0.392 e. The molecule has 0 amide bonds. The maximum atomic E-state index is 9.76. The quantitative estimate of drug-likeness (QED) is 0.878. The minimum atomic E-state index is 0.0701. The van der Waals surface area contributed by atoms with Crippen molar-refractivity contribution in [2.45, 2.75) is 33.4 Å². The highest BCUT2D eigenvalue weighted by Gasteiger charge is 2.36. The van der Waals surface area contributed by atoms with E-state index in [1.54, 1.807) is 0 Å². The Morgan fingerprint density at radius 1 is 1.13 bits per heavy atom. The van der Waals surface area contributed by atoms with Crippen LogP contribution >= 0.6 is 0 Å². The lowest BCUT2D eigenvalue weighted by Crippen LogP contribution is -2.45. The van der Waals surface area contributed by atoms with Gasteiger partial charge < -0.3 is 5.11 Å². The number of fused-ring (bicyclic) bond motifs is 1. The second-order valence-electron chi connectivity index (χ2n) is 7.53. The van der Waals surface area contributed by atoms with Crippen LogP contribution < -0.4 is 0 Å². The molecule has 0 aliphatic carbocycles. The highest BCUT2D eigenvalue weighted by atomic mass is 16.3. The lowest BCUT2D eigenvalue weighted by atomic mass is 9.86. The molecule has 0 radical (unpaired) electrons. The van der Waals surface area contributed by atoms with E-state index >= 15 is 0 Å². The predicted molar refractivity (Wildman–Crippen MR) is 95.9 cm³/mol. The minimum absolute atomic E-state index is 0.0701. The molecular weight excluding hydrogens is 284 g/mol. The van der Waals surface area contributed by atoms with E-state index in [0.29, 0.717) is 0 Å². The van der Waals surface area contributed by atoms with Gasteiger partial charge >= 0.3 is 0 Å². The van der Waals surface area contributed by atoms with Crippen molar-refractivity contribution in [2.75, 3.05) is 19.7 Å². The Morgan fingerprint density at radius 2 is 1.87 bits per heavy atom. The second kappa shape index (κ2) is 6.32. The molecular formula is C20H27N2O+. The molecule has 1 atom stereocenters. The zero-order chi connectivity index (χ0) is 16.4. The normalized spacial score (nSPS) is 16.7. The molecule has 2 aromatic rings. The van der Waals surface area contributed by atoms with Gasteiger partial charge in [-0.25, -0.2) is 0 Å². The van der Waals surface area contributed by atoms with Crippen LogP contribution in [0.4, 0.5) is 0 Å². The van der Waals surface area contributed by atoms with Gasteiger partial charge in [0.05, 0.1) is 6.61 Å². The van der Waals surface area contributed by atoms with Crippen LogP contribution in [0, 0.1) is 5.41 Å². The Balaban J connectivity index is 1.82. The van der Waals surface area contributed by atoms with Crippen LogP contribution in [0.15, 0.2) is 42.5 Å². The van der Waals surface area contributed by atoms with Crippen molar-refractivity contribution in [1.82, 2.24) is 4.90 Å². The van der Waals surface area contributed by atoms with E-state index < -0.39 is 0 Å². The van der Waals surface area contributed by atoms with Gasteiger partial charge in [-0.3, -0.25) is 9.48 Å². The van der Waals surface area contributed by atoms with Crippen molar-refractivity contribution in [1.29, 1.82) is 0 Å². The lowest BCUT2D eigenvalue weighted by Gasteiger charge is -2.30. The van der Waals surface area contributed by atoms with Gasteiger partial charge in [0.25, 0.3) is 0 Å². The molecule has 1 heterocycles. The summed E-state index contributed by atoms with van der Waals surface area (Å²) in [5, 5.41) is 12.4. The van der Waals surface area contributed by atoms with Gasteiger partial charge in [0.15, 0.2) is 0 Å². The highest BCUT2D eigenvalue weighted by molar-refractivity contribution is 5.85. The Kier molecular flexibility index (Phi) is 4.40. The fourth-order valence-corrected chi connectivity index (χ4v) is 3.45. The first kappa shape index (κ1) is 16.0. The summed E-state index contributed by atoms with van der Waals surface area (Å²) in [5.74, 6) is 0. The first-order chi connectivity index (χ1) is 11.0. The van der Waals surface area contributed by atoms with Crippen LogP contribution in [0.1, 0.15) is 26.3 Å². The van der Waals surface area contributed by atoms with Gasteiger partial charge in [0, 0.05) is 11.0 Å². The molecule has 2 aromatic carbocycles. The summed E-state index contributed by atoms with van der Waals surface area (Å²) in [6, 6.07) is 15.2. The van der Waals surface area contributed by atoms with Crippen molar-refractivity contribution < 1.29 is 9.68 Å². The molecule has 1 aliphatic rings. The zero-order valence-corrected chi connectivity index (χ0v) is 14.4. The van der Waals surface area contributed by atoms with Crippen LogP contribution in [0.25, 0.3) is 10.8 Å². The van der Waals surface area contributed by atoms with E-state index in [1.165, 1.54) is 16.3 Å². The van der Waals surface area contributed by atoms with Crippen molar-refractivity contribution in [3.05, 3.63) is 48.0 Å². The second-order valence-corrected chi connectivity index (χ2v) is 7.53. The fourth-order valence-electron chi connectivity index (χ4n) is 3.45. The Bertz CT molecular complexity index is 710. The Labute approximate surface area is 138 Å². The number of aliphatic hydroxyl groups is 1. The highest BCUT2D eigenvalue weighted by Crippen LogP contribution is 2.25. The third-order valence-electron chi connectivity index (χ3n) is 4.78. The minimum Gasteiger partial charge on any atom is -0.392 e. The lowest BCUT2D eigenvalue weighted by molar-refractivity contribution is -0.529. The van der Waals surface area contributed by atoms with E-state index in [2.05, 4.69) is 79.0 Å². The van der Waals surface area contributed by atoms with Gasteiger partial charge in [-0.15, -0.1) is 0 Å².